The number of aromatic nitrogens is 3. The number of hydrogen-bond acceptors (Lipinski definition) is 7. The highest BCUT2D eigenvalue weighted by Gasteiger charge is 2.37. The van der Waals surface area contributed by atoms with Gasteiger partial charge >= 0.3 is 0 Å². The van der Waals surface area contributed by atoms with Crippen molar-refractivity contribution in [2.45, 2.75) is 56.0 Å². The number of aryl methyl sites for hydroxylation is 1. The van der Waals surface area contributed by atoms with E-state index in [2.05, 4.69) is 15.4 Å². The molecule has 8 nitrogen and oxygen atoms in total. The molecule has 5 rings (SSSR count). The summed E-state index contributed by atoms with van der Waals surface area (Å²) in [6, 6.07) is 1.63. The molecule has 3 heterocycles. The Morgan fingerprint density at radius 2 is 2.03 bits per heavy atom. The maximum absolute atomic E-state index is 14.8. The summed E-state index contributed by atoms with van der Waals surface area (Å²) in [7, 11) is 1.68. The molecular weight excluding hydrogens is 495 g/mol. The number of hydrogen-bond donors (Lipinski definition) is 3. The van der Waals surface area contributed by atoms with Gasteiger partial charge in [-0.15, -0.1) is 11.3 Å². The predicted molar refractivity (Wildman–Crippen MR) is 127 cm³/mol. The van der Waals surface area contributed by atoms with Gasteiger partial charge in [0.2, 0.25) is 0 Å². The lowest BCUT2D eigenvalue weighted by atomic mass is 9.75. The lowest BCUT2D eigenvalue weighted by molar-refractivity contribution is -0.0392. The number of halogens is 3. The zero-order valence-corrected chi connectivity index (χ0v) is 20.3. The van der Waals surface area contributed by atoms with Gasteiger partial charge in [-0.3, -0.25) is 9.48 Å². The number of amides is 1. The molecule has 3 aromatic rings. The first-order valence-corrected chi connectivity index (χ1v) is 12.6. The summed E-state index contributed by atoms with van der Waals surface area (Å²) in [5, 5.41) is 18.7. The van der Waals surface area contributed by atoms with Gasteiger partial charge in [0.1, 0.15) is 34.6 Å². The van der Waals surface area contributed by atoms with E-state index in [1.807, 2.05) is 0 Å². The fraction of sp³-hybridized carbons (Fsp3) is 0.458. The number of ether oxygens (including phenoxy) is 1. The second-order valence-corrected chi connectivity index (χ2v) is 10.2. The summed E-state index contributed by atoms with van der Waals surface area (Å²) < 4.78 is 50.9. The number of aliphatic hydroxyl groups is 1. The second kappa shape index (κ2) is 9.58. The number of alkyl halides is 1. The number of nitrogens with one attached hydrogen (secondary N) is 1. The third-order valence-corrected chi connectivity index (χ3v) is 7.79. The first kappa shape index (κ1) is 24.9. The number of benzene rings is 1. The molecule has 0 radical (unpaired) electrons. The first-order valence-electron chi connectivity index (χ1n) is 11.7. The number of anilines is 1. The first-order chi connectivity index (χ1) is 17.2. The molecule has 2 fully saturated rings. The molecule has 0 unspecified atom stereocenters. The third kappa shape index (κ3) is 4.54. The highest BCUT2D eigenvalue weighted by Crippen LogP contribution is 2.43. The SMILES string of the molecule is Cn1ncc(NC(=O)c2csc(-c3c(F)cc(C4(O)CCC4)cc3F)n2)c1[C@@H]1CC[C@@H](N)[C@H](F)CO1. The molecule has 0 bridgehead atoms. The molecule has 3 atom stereocenters. The van der Waals surface area contributed by atoms with Crippen molar-refractivity contribution in [2.75, 3.05) is 11.9 Å². The Hall–Kier alpha value is -2.80. The van der Waals surface area contributed by atoms with E-state index >= 15 is 0 Å². The summed E-state index contributed by atoms with van der Waals surface area (Å²) in [6.45, 7) is -0.160. The summed E-state index contributed by atoms with van der Waals surface area (Å²) in [5.74, 6) is -2.30. The van der Waals surface area contributed by atoms with Crippen LogP contribution in [0.25, 0.3) is 10.6 Å². The smallest absolute Gasteiger partial charge is 0.275 e. The number of thiazole rings is 1. The van der Waals surface area contributed by atoms with Crippen LogP contribution in [0.1, 0.15) is 60.0 Å². The molecule has 2 aromatic heterocycles. The van der Waals surface area contributed by atoms with Crippen LogP contribution in [0, 0.1) is 11.6 Å². The average Bonchev–Trinajstić information content (AvgIpc) is 3.40. The van der Waals surface area contributed by atoms with E-state index in [9.17, 15) is 23.1 Å². The zero-order chi connectivity index (χ0) is 25.6. The average molecular weight is 522 g/mol. The molecule has 1 aromatic carbocycles. The Bertz CT molecular complexity index is 1260. The third-order valence-electron chi connectivity index (χ3n) is 6.93. The molecule has 1 saturated heterocycles. The van der Waals surface area contributed by atoms with Crippen molar-refractivity contribution in [1.29, 1.82) is 0 Å². The molecular formula is C24H26F3N5O3S. The quantitative estimate of drug-likeness (QED) is 0.468. The van der Waals surface area contributed by atoms with E-state index in [0.717, 1.165) is 29.9 Å². The molecule has 192 valence electrons. The minimum atomic E-state index is -1.28. The van der Waals surface area contributed by atoms with Crippen molar-refractivity contribution in [1.82, 2.24) is 14.8 Å². The molecule has 4 N–H and O–H groups in total. The van der Waals surface area contributed by atoms with E-state index in [1.165, 1.54) is 11.6 Å². The number of carbonyl (C=O) groups is 1. The maximum atomic E-state index is 14.8. The molecule has 0 spiro atoms. The monoisotopic (exact) mass is 521 g/mol. The Morgan fingerprint density at radius 1 is 1.31 bits per heavy atom. The normalized spacial score (nSPS) is 23.7. The van der Waals surface area contributed by atoms with E-state index < -0.39 is 41.5 Å². The maximum Gasteiger partial charge on any atom is 0.275 e. The fourth-order valence-electron chi connectivity index (χ4n) is 4.61. The van der Waals surface area contributed by atoms with Crippen LogP contribution in [-0.2, 0) is 17.4 Å². The van der Waals surface area contributed by atoms with Crippen molar-refractivity contribution in [3.8, 4) is 10.6 Å². The fourth-order valence-corrected chi connectivity index (χ4v) is 5.45. The van der Waals surface area contributed by atoms with E-state index in [-0.39, 0.29) is 28.4 Å². The van der Waals surface area contributed by atoms with Gasteiger partial charge in [-0.25, -0.2) is 18.2 Å². The van der Waals surface area contributed by atoms with E-state index in [1.54, 1.807) is 11.7 Å². The minimum absolute atomic E-state index is 0.00351. The van der Waals surface area contributed by atoms with Crippen molar-refractivity contribution in [3.63, 3.8) is 0 Å². The van der Waals surface area contributed by atoms with Crippen molar-refractivity contribution in [2.24, 2.45) is 12.8 Å². The lowest BCUT2D eigenvalue weighted by Gasteiger charge is -2.37. The molecule has 12 heteroatoms. The summed E-state index contributed by atoms with van der Waals surface area (Å²) in [6.07, 6.45) is 2.22. The van der Waals surface area contributed by atoms with Crippen LogP contribution in [0.2, 0.25) is 0 Å². The van der Waals surface area contributed by atoms with Gasteiger partial charge in [0, 0.05) is 18.5 Å². The van der Waals surface area contributed by atoms with Crippen LogP contribution in [0.15, 0.2) is 23.7 Å². The van der Waals surface area contributed by atoms with Gasteiger partial charge in [0.05, 0.1) is 35.3 Å². The number of nitrogens with zero attached hydrogens (tertiary/aromatic N) is 3. The summed E-state index contributed by atoms with van der Waals surface area (Å²) in [4.78, 5) is 17.1. The van der Waals surface area contributed by atoms with Crippen molar-refractivity contribution in [3.05, 3.63) is 52.3 Å². The highest BCUT2D eigenvalue weighted by atomic mass is 32.1. The number of rotatable bonds is 5. The number of nitrogens with two attached hydrogens (primary N) is 1. The Balaban J connectivity index is 1.35. The van der Waals surface area contributed by atoms with Crippen LogP contribution in [0.5, 0.6) is 0 Å². The van der Waals surface area contributed by atoms with Gasteiger partial charge < -0.3 is 20.9 Å². The number of carbonyl (C=O) groups excluding carboxylic acids is 1. The lowest BCUT2D eigenvalue weighted by Crippen LogP contribution is -2.33. The summed E-state index contributed by atoms with van der Waals surface area (Å²) >= 11 is 0.928. The molecule has 1 amide bonds. The van der Waals surface area contributed by atoms with Gasteiger partial charge in [0.25, 0.3) is 5.91 Å². The van der Waals surface area contributed by atoms with Crippen LogP contribution in [-0.4, -0.2) is 44.6 Å². The van der Waals surface area contributed by atoms with Gasteiger partial charge in [-0.2, -0.15) is 5.10 Å². The highest BCUT2D eigenvalue weighted by molar-refractivity contribution is 7.13. The molecule has 1 saturated carbocycles. The molecule has 1 aliphatic heterocycles. The largest absolute Gasteiger partial charge is 0.385 e. The van der Waals surface area contributed by atoms with Crippen LogP contribution >= 0.6 is 11.3 Å². The molecule has 36 heavy (non-hydrogen) atoms. The molecule has 1 aliphatic carbocycles. The van der Waals surface area contributed by atoms with E-state index in [0.29, 0.717) is 37.1 Å². The van der Waals surface area contributed by atoms with Crippen molar-refractivity contribution >= 4 is 22.9 Å². The Morgan fingerprint density at radius 3 is 2.69 bits per heavy atom. The van der Waals surface area contributed by atoms with Crippen LogP contribution in [0.4, 0.5) is 18.9 Å². The Kier molecular flexibility index (Phi) is 6.62. The van der Waals surface area contributed by atoms with Gasteiger partial charge in [-0.05, 0) is 49.8 Å². The standard InChI is InChI=1S/C24H26F3N5O3S/c1-32-21(19-4-3-16(28)15(27)10-35-19)17(9-29-32)30-22(33)18-11-36-23(31-18)20-13(25)7-12(8-14(20)26)24(34)5-2-6-24/h7-9,11,15-16,19,34H,2-6,10,28H2,1H3,(H,30,33)/t15-,16-,19+/m1/s1. The van der Waals surface area contributed by atoms with Crippen LogP contribution < -0.4 is 11.1 Å². The topological polar surface area (TPSA) is 115 Å². The van der Waals surface area contributed by atoms with E-state index in [4.69, 9.17) is 10.5 Å². The Labute approximate surface area is 209 Å². The van der Waals surface area contributed by atoms with Crippen LogP contribution in [0.3, 0.4) is 0 Å². The zero-order valence-electron chi connectivity index (χ0n) is 19.5. The van der Waals surface area contributed by atoms with Gasteiger partial charge in [-0.1, -0.05) is 0 Å². The van der Waals surface area contributed by atoms with Gasteiger partial charge in [0.15, 0.2) is 0 Å². The molecule has 2 aliphatic rings. The minimum Gasteiger partial charge on any atom is -0.385 e. The summed E-state index contributed by atoms with van der Waals surface area (Å²) in [5.41, 5.74) is 5.36. The van der Waals surface area contributed by atoms with Crippen molar-refractivity contribution < 1.29 is 27.8 Å². The predicted octanol–water partition coefficient (Wildman–Crippen LogP) is 3.96. The second-order valence-electron chi connectivity index (χ2n) is 9.34.